The first kappa shape index (κ1) is 27.8. The van der Waals surface area contributed by atoms with Gasteiger partial charge in [-0.3, -0.25) is 14.4 Å². The van der Waals surface area contributed by atoms with Crippen molar-refractivity contribution in [2.45, 2.75) is 45.5 Å². The highest BCUT2D eigenvalue weighted by Gasteiger charge is 2.83. The third kappa shape index (κ3) is 3.53. The molecule has 0 N–H and O–H groups in total. The van der Waals surface area contributed by atoms with Crippen LogP contribution in [0.5, 0.6) is 0 Å². The fourth-order valence-electron chi connectivity index (χ4n) is 6.50. The quantitative estimate of drug-likeness (QED) is 0.278. The van der Waals surface area contributed by atoms with E-state index in [-0.39, 0.29) is 22.6 Å². The third-order valence-corrected chi connectivity index (χ3v) is 13.2. The Balaban J connectivity index is 2.15. The van der Waals surface area contributed by atoms with Crippen molar-refractivity contribution in [3.63, 3.8) is 0 Å². The average molecular weight is 565 g/mol. The van der Waals surface area contributed by atoms with E-state index < -0.39 is 71.3 Å². The molecule has 2 saturated carbocycles. The van der Waals surface area contributed by atoms with Crippen molar-refractivity contribution >= 4 is 37.6 Å². The highest BCUT2D eigenvalue weighted by atomic mass is 32.2. The van der Waals surface area contributed by atoms with Gasteiger partial charge < -0.3 is 14.2 Å². The Morgan fingerprint density at radius 2 is 1.18 bits per heavy atom. The van der Waals surface area contributed by atoms with Crippen LogP contribution >= 0.6 is 0 Å². The van der Waals surface area contributed by atoms with E-state index in [9.17, 15) is 31.2 Å². The molecule has 12 heteroatoms. The Morgan fingerprint density at radius 1 is 0.711 bits per heavy atom. The summed E-state index contributed by atoms with van der Waals surface area (Å²) in [6.07, 6.45) is -1.99. The van der Waals surface area contributed by atoms with Gasteiger partial charge in [0, 0.05) is 0 Å². The first-order valence-corrected chi connectivity index (χ1v) is 14.8. The lowest BCUT2D eigenvalue weighted by molar-refractivity contribution is -0.170. The Kier molecular flexibility index (Phi) is 6.94. The summed E-state index contributed by atoms with van der Waals surface area (Å²) in [5, 5.41) is -1.70. The number of fused-ring (bicyclic) bond motifs is 1. The summed E-state index contributed by atoms with van der Waals surface area (Å²) in [6, 6.07) is 14.3. The molecular weight excluding hydrogens is 536 g/mol. The highest BCUT2D eigenvalue weighted by Crippen LogP contribution is 2.70. The Hall–Kier alpha value is -3.25. The van der Waals surface area contributed by atoms with Gasteiger partial charge in [0.15, 0.2) is 25.1 Å². The van der Waals surface area contributed by atoms with Crippen molar-refractivity contribution in [3.05, 3.63) is 60.7 Å². The minimum Gasteiger partial charge on any atom is -0.469 e. The van der Waals surface area contributed by atoms with E-state index >= 15 is 0 Å². The van der Waals surface area contributed by atoms with Gasteiger partial charge in [0.05, 0.1) is 41.8 Å². The molecule has 0 heterocycles. The van der Waals surface area contributed by atoms with Crippen LogP contribution in [0.3, 0.4) is 0 Å². The van der Waals surface area contributed by atoms with Gasteiger partial charge >= 0.3 is 17.9 Å². The van der Waals surface area contributed by atoms with E-state index in [0.717, 1.165) is 21.3 Å². The monoisotopic (exact) mass is 564 g/mol. The van der Waals surface area contributed by atoms with Gasteiger partial charge in [-0.05, 0) is 49.9 Å². The smallest absolute Gasteiger partial charge is 0.323 e. The lowest BCUT2D eigenvalue weighted by Gasteiger charge is -2.40. The van der Waals surface area contributed by atoms with Crippen molar-refractivity contribution in [2.24, 2.45) is 10.8 Å². The van der Waals surface area contributed by atoms with Gasteiger partial charge in [0.25, 0.3) is 0 Å². The van der Waals surface area contributed by atoms with Gasteiger partial charge in [-0.1, -0.05) is 36.4 Å². The lowest BCUT2D eigenvalue weighted by Crippen LogP contribution is -2.58. The molecule has 204 valence electrons. The number of carbonyl (C=O) groups excluding carboxylic acids is 3. The highest BCUT2D eigenvalue weighted by molar-refractivity contribution is 7.96. The SMILES string of the molecule is COC(=O)C1(C(=O)OC)C[C@]2(C(=O)OC)CCC(S(=O)(=O)c3ccccc3)[C@]2(S(=O)(=O)c2ccccc2)C1. The van der Waals surface area contributed by atoms with Crippen LogP contribution in [0, 0.1) is 10.8 Å². The summed E-state index contributed by atoms with van der Waals surface area (Å²) in [6.45, 7) is 0. The number of sulfone groups is 2. The maximum Gasteiger partial charge on any atom is 0.323 e. The summed E-state index contributed by atoms with van der Waals surface area (Å²) >= 11 is 0. The number of methoxy groups -OCH3 is 3. The zero-order valence-corrected chi connectivity index (χ0v) is 22.7. The molecule has 2 aromatic carbocycles. The molecule has 0 spiro atoms. The average Bonchev–Trinajstić information content (AvgIpc) is 3.44. The molecule has 0 aromatic heterocycles. The largest absolute Gasteiger partial charge is 0.469 e. The normalized spacial score (nSPS) is 26.2. The fourth-order valence-corrected chi connectivity index (χ4v) is 12.0. The zero-order chi connectivity index (χ0) is 28.0. The molecule has 1 unspecified atom stereocenters. The second kappa shape index (κ2) is 9.49. The Morgan fingerprint density at radius 3 is 1.66 bits per heavy atom. The summed E-state index contributed by atoms with van der Waals surface area (Å²) < 4.78 is 70.1. The van der Waals surface area contributed by atoms with E-state index in [2.05, 4.69) is 0 Å². The first-order valence-electron chi connectivity index (χ1n) is 11.8. The molecule has 10 nitrogen and oxygen atoms in total. The third-order valence-electron chi connectivity index (χ3n) is 8.04. The predicted molar refractivity (Wildman–Crippen MR) is 133 cm³/mol. The van der Waals surface area contributed by atoms with E-state index in [1.807, 2.05) is 0 Å². The van der Waals surface area contributed by atoms with Crippen LogP contribution in [-0.2, 0) is 48.3 Å². The fraction of sp³-hybridized carbons (Fsp3) is 0.423. The molecule has 0 aliphatic heterocycles. The summed E-state index contributed by atoms with van der Waals surface area (Å²) in [7, 11) is -6.09. The Labute approximate surface area is 221 Å². The molecule has 2 aromatic rings. The predicted octanol–water partition coefficient (Wildman–Crippen LogP) is 2.12. The molecule has 0 saturated heterocycles. The van der Waals surface area contributed by atoms with E-state index in [1.165, 1.54) is 48.5 Å². The van der Waals surface area contributed by atoms with Crippen LogP contribution in [0.2, 0.25) is 0 Å². The molecule has 0 radical (unpaired) electrons. The minimum absolute atomic E-state index is 0.151. The standard InChI is InChI=1S/C26H28O10S2/c1-34-21(27)24(22(28)35-2)16-25(23(29)36-3)15-14-20(37(30,31)18-10-6-4-7-11-18)26(25,17-24)38(32,33)19-12-8-5-9-13-19/h4-13,20H,14-17H2,1-3H3/t20?,25-,26+/m0/s1. The second-order valence-electron chi connectivity index (χ2n) is 9.58. The second-order valence-corrected chi connectivity index (χ2v) is 13.9. The summed E-state index contributed by atoms with van der Waals surface area (Å²) in [5.41, 5.74) is -4.35. The van der Waals surface area contributed by atoms with E-state index in [4.69, 9.17) is 14.2 Å². The van der Waals surface area contributed by atoms with Crippen molar-refractivity contribution in [1.29, 1.82) is 0 Å². The number of ether oxygens (including phenoxy) is 3. The maximum atomic E-state index is 14.7. The van der Waals surface area contributed by atoms with Crippen LogP contribution < -0.4 is 0 Å². The van der Waals surface area contributed by atoms with Crippen LogP contribution in [0.4, 0.5) is 0 Å². The number of rotatable bonds is 7. The lowest BCUT2D eigenvalue weighted by atomic mass is 9.77. The van der Waals surface area contributed by atoms with Gasteiger partial charge in [0.2, 0.25) is 0 Å². The van der Waals surface area contributed by atoms with Crippen molar-refractivity contribution < 1.29 is 45.4 Å². The number of carbonyl (C=O) groups is 3. The van der Waals surface area contributed by atoms with Gasteiger partial charge in [-0.15, -0.1) is 0 Å². The van der Waals surface area contributed by atoms with Gasteiger partial charge in [-0.2, -0.15) is 0 Å². The molecule has 0 amide bonds. The number of hydrogen-bond donors (Lipinski definition) is 0. The topological polar surface area (TPSA) is 147 Å². The number of benzene rings is 2. The van der Waals surface area contributed by atoms with Gasteiger partial charge in [0.1, 0.15) is 4.75 Å². The van der Waals surface area contributed by atoms with E-state index in [1.54, 1.807) is 12.1 Å². The molecule has 2 aliphatic carbocycles. The van der Waals surface area contributed by atoms with Crippen LogP contribution in [0.25, 0.3) is 0 Å². The first-order chi connectivity index (χ1) is 17.9. The summed E-state index contributed by atoms with van der Waals surface area (Å²) in [5.74, 6) is -3.28. The Bertz CT molecular complexity index is 1450. The van der Waals surface area contributed by atoms with Crippen molar-refractivity contribution in [3.8, 4) is 0 Å². The number of hydrogen-bond acceptors (Lipinski definition) is 10. The molecule has 38 heavy (non-hydrogen) atoms. The maximum absolute atomic E-state index is 14.7. The number of esters is 3. The van der Waals surface area contributed by atoms with Crippen LogP contribution in [-0.4, -0.2) is 66.1 Å². The molecule has 2 fully saturated rings. The van der Waals surface area contributed by atoms with Crippen LogP contribution in [0.15, 0.2) is 70.5 Å². The zero-order valence-electron chi connectivity index (χ0n) is 21.1. The summed E-state index contributed by atoms with van der Waals surface area (Å²) in [4.78, 5) is 39.7. The van der Waals surface area contributed by atoms with Crippen LogP contribution in [0.1, 0.15) is 25.7 Å². The van der Waals surface area contributed by atoms with Gasteiger partial charge in [-0.25, -0.2) is 16.8 Å². The molecule has 3 atom stereocenters. The van der Waals surface area contributed by atoms with E-state index in [0.29, 0.717) is 0 Å². The molecular formula is C26H28O10S2. The minimum atomic E-state index is -4.74. The van der Waals surface area contributed by atoms with Crippen molar-refractivity contribution in [2.75, 3.05) is 21.3 Å². The molecule has 4 rings (SSSR count). The van der Waals surface area contributed by atoms with Crippen molar-refractivity contribution in [1.82, 2.24) is 0 Å². The molecule has 0 bridgehead atoms. The molecule has 2 aliphatic rings.